The SMILES string of the molecule is CC(C)(C)P1Cc2ccc3ccccc3c2C2=c3ccccc3=CCC2C1. The normalized spacial score (nSPS) is 21.7. The summed E-state index contributed by atoms with van der Waals surface area (Å²) >= 11 is 0. The molecular weight excluding hydrogens is 343 g/mol. The van der Waals surface area contributed by atoms with Crippen molar-refractivity contribution in [2.45, 2.75) is 38.5 Å². The highest BCUT2D eigenvalue weighted by Crippen LogP contribution is 2.58. The maximum absolute atomic E-state index is 2.48. The third-order valence-electron chi connectivity index (χ3n) is 6.32. The lowest BCUT2D eigenvalue weighted by Gasteiger charge is -2.33. The second-order valence-corrected chi connectivity index (χ2v) is 12.1. The van der Waals surface area contributed by atoms with Crippen LogP contribution in [-0.4, -0.2) is 11.3 Å². The molecule has 2 atom stereocenters. The van der Waals surface area contributed by atoms with Gasteiger partial charge in [-0.05, 0) is 67.7 Å². The Bertz CT molecular complexity index is 1150. The van der Waals surface area contributed by atoms with Crippen LogP contribution >= 0.6 is 7.92 Å². The van der Waals surface area contributed by atoms with Crippen LogP contribution in [0.3, 0.4) is 0 Å². The Morgan fingerprint density at radius 3 is 2.52 bits per heavy atom. The summed E-state index contributed by atoms with van der Waals surface area (Å²) < 4.78 is 0. The fourth-order valence-electron chi connectivity index (χ4n) is 4.85. The summed E-state index contributed by atoms with van der Waals surface area (Å²) in [5, 5.41) is 6.10. The second-order valence-electron chi connectivity index (χ2n) is 9.01. The molecule has 1 aliphatic heterocycles. The lowest BCUT2D eigenvalue weighted by atomic mass is 9.82. The number of hydrogen-bond acceptors (Lipinski definition) is 0. The summed E-state index contributed by atoms with van der Waals surface area (Å²) in [6, 6.07) is 22.8. The van der Waals surface area contributed by atoms with Crippen molar-refractivity contribution in [2.24, 2.45) is 5.92 Å². The smallest absolute Gasteiger partial charge is 0.00619 e. The van der Waals surface area contributed by atoms with Crippen molar-refractivity contribution in [3.8, 4) is 0 Å². The zero-order valence-corrected chi connectivity index (χ0v) is 17.4. The first-order valence-electron chi connectivity index (χ1n) is 10.1. The van der Waals surface area contributed by atoms with Crippen LogP contribution in [0.5, 0.6) is 0 Å². The van der Waals surface area contributed by atoms with Gasteiger partial charge in [0.05, 0.1) is 0 Å². The monoisotopic (exact) mass is 370 g/mol. The Morgan fingerprint density at radius 2 is 1.67 bits per heavy atom. The van der Waals surface area contributed by atoms with Crippen LogP contribution in [0.25, 0.3) is 22.4 Å². The van der Waals surface area contributed by atoms with E-state index in [1.54, 1.807) is 16.7 Å². The van der Waals surface area contributed by atoms with E-state index in [1.807, 2.05) is 0 Å². The van der Waals surface area contributed by atoms with Gasteiger partial charge in [-0.3, -0.25) is 0 Å². The molecule has 5 rings (SSSR count). The van der Waals surface area contributed by atoms with Gasteiger partial charge in [-0.2, -0.15) is 0 Å². The number of fused-ring (bicyclic) bond motifs is 6. The van der Waals surface area contributed by atoms with E-state index in [0.29, 0.717) is 11.1 Å². The summed E-state index contributed by atoms with van der Waals surface area (Å²) in [6.07, 6.45) is 6.27. The maximum atomic E-state index is 2.48. The van der Waals surface area contributed by atoms with Crippen molar-refractivity contribution in [1.29, 1.82) is 0 Å². The Morgan fingerprint density at radius 1 is 0.889 bits per heavy atom. The van der Waals surface area contributed by atoms with Crippen molar-refractivity contribution >= 4 is 30.3 Å². The molecule has 0 nitrogen and oxygen atoms in total. The topological polar surface area (TPSA) is 0 Å². The van der Waals surface area contributed by atoms with Gasteiger partial charge in [0.1, 0.15) is 0 Å². The molecule has 3 aromatic carbocycles. The van der Waals surface area contributed by atoms with E-state index in [9.17, 15) is 0 Å². The van der Waals surface area contributed by atoms with Gasteiger partial charge in [-0.15, -0.1) is 0 Å². The molecule has 0 bridgehead atoms. The first-order chi connectivity index (χ1) is 13.0. The molecule has 27 heavy (non-hydrogen) atoms. The minimum atomic E-state index is -0.0551. The van der Waals surface area contributed by atoms with Gasteiger partial charge in [-0.25, -0.2) is 0 Å². The van der Waals surface area contributed by atoms with Crippen LogP contribution in [0.15, 0.2) is 60.7 Å². The van der Waals surface area contributed by atoms with E-state index in [1.165, 1.54) is 40.0 Å². The quantitative estimate of drug-likeness (QED) is 0.450. The van der Waals surface area contributed by atoms with Crippen molar-refractivity contribution in [2.75, 3.05) is 6.16 Å². The summed E-state index contributed by atoms with van der Waals surface area (Å²) in [4.78, 5) is 0. The van der Waals surface area contributed by atoms with Gasteiger partial charge in [0.15, 0.2) is 0 Å². The molecule has 2 aliphatic rings. The Kier molecular flexibility index (Phi) is 4.03. The Hall–Kier alpha value is -1.91. The highest BCUT2D eigenvalue weighted by Gasteiger charge is 2.34. The molecule has 0 amide bonds. The van der Waals surface area contributed by atoms with Crippen LogP contribution in [0.4, 0.5) is 0 Å². The van der Waals surface area contributed by atoms with E-state index in [4.69, 9.17) is 0 Å². The molecule has 0 aromatic heterocycles. The molecule has 0 N–H and O–H groups in total. The predicted molar refractivity (Wildman–Crippen MR) is 120 cm³/mol. The maximum Gasteiger partial charge on any atom is -0.00619 e. The number of hydrogen-bond donors (Lipinski definition) is 0. The van der Waals surface area contributed by atoms with Gasteiger partial charge in [0.25, 0.3) is 0 Å². The fraction of sp³-hybridized carbons (Fsp3) is 0.308. The molecular formula is C26H27P. The van der Waals surface area contributed by atoms with E-state index < -0.39 is 0 Å². The molecule has 136 valence electrons. The first-order valence-corrected chi connectivity index (χ1v) is 11.8. The molecule has 3 aromatic rings. The van der Waals surface area contributed by atoms with Crippen molar-refractivity contribution in [3.63, 3.8) is 0 Å². The molecule has 0 saturated heterocycles. The highest BCUT2D eigenvalue weighted by atomic mass is 31.1. The van der Waals surface area contributed by atoms with Gasteiger partial charge >= 0.3 is 0 Å². The summed E-state index contributed by atoms with van der Waals surface area (Å²) in [5.74, 6) is 0.650. The third kappa shape index (κ3) is 2.86. The molecule has 0 radical (unpaired) electrons. The summed E-state index contributed by atoms with van der Waals surface area (Å²) in [5.41, 5.74) is 4.74. The van der Waals surface area contributed by atoms with Crippen LogP contribution in [0, 0.1) is 5.92 Å². The molecule has 0 saturated carbocycles. The van der Waals surface area contributed by atoms with E-state index in [0.717, 1.165) is 0 Å². The standard InChI is InChI=1S/C26H27P/c1-26(2,3)27-16-20-14-12-18-8-4-6-10-22(18)24(20)25-21(17-27)15-13-19-9-5-7-11-23(19)25/h4-14,21H,15-17H2,1-3H3. The third-order valence-corrected chi connectivity index (χ3v) is 9.82. The number of rotatable bonds is 0. The van der Waals surface area contributed by atoms with Crippen molar-refractivity contribution < 1.29 is 0 Å². The molecule has 2 unspecified atom stereocenters. The predicted octanol–water partition coefficient (Wildman–Crippen LogP) is 5.63. The first kappa shape index (κ1) is 17.2. The largest absolute Gasteiger partial charge is 0.0960 e. The van der Waals surface area contributed by atoms with E-state index >= 15 is 0 Å². The molecule has 1 aliphatic carbocycles. The van der Waals surface area contributed by atoms with Crippen molar-refractivity contribution in [1.82, 2.24) is 0 Å². The van der Waals surface area contributed by atoms with E-state index in [2.05, 4.69) is 87.5 Å². The number of benzene rings is 3. The zero-order chi connectivity index (χ0) is 18.6. The van der Waals surface area contributed by atoms with Gasteiger partial charge in [0, 0.05) is 0 Å². The minimum Gasteiger partial charge on any atom is -0.0960 e. The summed E-state index contributed by atoms with van der Waals surface area (Å²) in [6.45, 7) is 7.35. The highest BCUT2D eigenvalue weighted by molar-refractivity contribution is 7.58. The van der Waals surface area contributed by atoms with Crippen LogP contribution in [0.1, 0.15) is 38.3 Å². The summed E-state index contributed by atoms with van der Waals surface area (Å²) in [7, 11) is -0.0551. The lowest BCUT2D eigenvalue weighted by molar-refractivity contribution is 0.740. The zero-order valence-electron chi connectivity index (χ0n) is 16.5. The van der Waals surface area contributed by atoms with Gasteiger partial charge < -0.3 is 0 Å². The average molecular weight is 370 g/mol. The van der Waals surface area contributed by atoms with Gasteiger partial charge in [-0.1, -0.05) is 95.4 Å². The Labute approximate surface area is 163 Å². The van der Waals surface area contributed by atoms with Crippen LogP contribution in [0.2, 0.25) is 0 Å². The second kappa shape index (κ2) is 6.32. The Balaban J connectivity index is 1.91. The average Bonchev–Trinajstić information content (AvgIpc) is 2.85. The van der Waals surface area contributed by atoms with Gasteiger partial charge in [0.2, 0.25) is 0 Å². The molecule has 1 heterocycles. The molecule has 0 spiro atoms. The van der Waals surface area contributed by atoms with Crippen LogP contribution in [-0.2, 0) is 6.16 Å². The van der Waals surface area contributed by atoms with Crippen LogP contribution < -0.4 is 10.4 Å². The molecule has 1 heteroatoms. The van der Waals surface area contributed by atoms with E-state index in [-0.39, 0.29) is 7.92 Å². The molecule has 0 fully saturated rings. The van der Waals surface area contributed by atoms with Crippen molar-refractivity contribution in [3.05, 3.63) is 82.2 Å². The lowest BCUT2D eigenvalue weighted by Crippen LogP contribution is -2.34. The fourth-order valence-corrected chi connectivity index (χ4v) is 7.54. The minimum absolute atomic E-state index is 0.0551.